The van der Waals surface area contributed by atoms with Crippen molar-refractivity contribution in [2.24, 2.45) is 0 Å². The molecule has 8 aromatic rings. The topological polar surface area (TPSA) is 0 Å². The van der Waals surface area contributed by atoms with E-state index in [1.807, 2.05) is 0 Å². The fourth-order valence-electron chi connectivity index (χ4n) is 6.37. The van der Waals surface area contributed by atoms with Gasteiger partial charge in [0.2, 0.25) is 0 Å². The normalized spacial score (nSPS) is 10.9. The maximum atomic E-state index is 4.93. The summed E-state index contributed by atoms with van der Waals surface area (Å²) >= 11 is -0.826. The molecule has 0 nitrogen and oxygen atoms in total. The third kappa shape index (κ3) is 6.73. The van der Waals surface area contributed by atoms with Gasteiger partial charge in [0.05, 0.1) is 0 Å². The molecular weight excluding hydrogens is 667 g/mol. The molecule has 8 aromatic carbocycles. The van der Waals surface area contributed by atoms with Crippen LogP contribution in [0.25, 0.3) is 65.3 Å². The van der Waals surface area contributed by atoms with E-state index in [2.05, 4.69) is 166 Å². The van der Waals surface area contributed by atoms with Gasteiger partial charge in [0, 0.05) is 0 Å². The molecule has 0 bridgehead atoms. The Balaban J connectivity index is 0.000000147. The van der Waals surface area contributed by atoms with Gasteiger partial charge < -0.3 is 0 Å². The summed E-state index contributed by atoms with van der Waals surface area (Å²) in [5, 5.41) is 10.6. The van der Waals surface area contributed by atoms with Crippen LogP contribution in [-0.4, -0.2) is 0 Å². The molecular formula is C42H34Cl2Zr. The van der Waals surface area contributed by atoms with Crippen LogP contribution in [0.1, 0.15) is 30.9 Å². The van der Waals surface area contributed by atoms with Gasteiger partial charge in [-0.2, -0.15) is 12.1 Å². The Bertz CT molecular complexity index is 2210. The van der Waals surface area contributed by atoms with Crippen LogP contribution in [0.5, 0.6) is 0 Å². The van der Waals surface area contributed by atoms with E-state index in [0.29, 0.717) is 5.92 Å². The summed E-state index contributed by atoms with van der Waals surface area (Å²) < 4.78 is 0. The van der Waals surface area contributed by atoms with E-state index < -0.39 is 20.8 Å². The van der Waals surface area contributed by atoms with Crippen molar-refractivity contribution in [2.75, 3.05) is 0 Å². The molecule has 0 aromatic heterocycles. The molecule has 0 spiro atoms. The molecule has 220 valence electrons. The molecule has 8 rings (SSSR count). The molecule has 0 fully saturated rings. The zero-order chi connectivity index (χ0) is 31.3. The predicted octanol–water partition coefficient (Wildman–Crippen LogP) is 13.6. The Morgan fingerprint density at radius 3 is 1.40 bits per heavy atom. The van der Waals surface area contributed by atoms with E-state index in [9.17, 15) is 0 Å². The molecule has 0 atom stereocenters. The van der Waals surface area contributed by atoms with Crippen LogP contribution in [0.15, 0.2) is 146 Å². The molecule has 3 heteroatoms. The quantitative estimate of drug-likeness (QED) is 0.161. The second-order valence-corrected chi connectivity index (χ2v) is 15.4. The minimum absolute atomic E-state index is 0.563. The van der Waals surface area contributed by atoms with E-state index in [4.69, 9.17) is 17.0 Å². The molecule has 45 heavy (non-hydrogen) atoms. The van der Waals surface area contributed by atoms with Gasteiger partial charge in [0.1, 0.15) is 0 Å². The molecule has 0 aliphatic rings. The van der Waals surface area contributed by atoms with E-state index in [1.165, 1.54) is 76.5 Å². The second kappa shape index (κ2) is 14.3. The summed E-state index contributed by atoms with van der Waals surface area (Å²) in [6, 6.07) is 52.8. The van der Waals surface area contributed by atoms with Crippen LogP contribution in [-0.2, 0) is 20.8 Å². The van der Waals surface area contributed by atoms with Crippen LogP contribution in [0.2, 0.25) is 0 Å². The van der Waals surface area contributed by atoms with E-state index in [0.717, 1.165) is 0 Å². The van der Waals surface area contributed by atoms with Gasteiger partial charge in [-0.25, -0.2) is 0 Å². The minimum atomic E-state index is -0.826. The first-order valence-corrected chi connectivity index (χ1v) is 21.6. The number of hydrogen-bond donors (Lipinski definition) is 0. The number of rotatable bonds is 3. The van der Waals surface area contributed by atoms with Crippen molar-refractivity contribution in [3.8, 4) is 22.3 Å². The summed E-state index contributed by atoms with van der Waals surface area (Å²) in [7, 11) is 9.87. The summed E-state index contributed by atoms with van der Waals surface area (Å²) in [4.78, 5) is 0. The van der Waals surface area contributed by atoms with Gasteiger partial charge in [-0.05, 0) is 38.6 Å². The third-order valence-electron chi connectivity index (χ3n) is 8.49. The van der Waals surface area contributed by atoms with Crippen molar-refractivity contribution in [1.29, 1.82) is 0 Å². The number of aryl methyl sites for hydroxylation is 1. The van der Waals surface area contributed by atoms with Crippen LogP contribution >= 0.6 is 17.0 Å². The molecule has 0 radical (unpaired) electrons. The van der Waals surface area contributed by atoms with Crippen LogP contribution < -0.4 is 0 Å². The SMILES string of the molecule is CC(C)c1cc2c(-c3cccc4ccccc34)cccc2[cH-]1.Cc1cc2c(-c3cccc4ccccc34)cccc2[cH-]1.[Cl][Zr+2][Cl]. The summed E-state index contributed by atoms with van der Waals surface area (Å²) in [5.74, 6) is 0.563. The van der Waals surface area contributed by atoms with E-state index in [-0.39, 0.29) is 0 Å². The molecule has 0 saturated heterocycles. The summed E-state index contributed by atoms with van der Waals surface area (Å²) in [6.07, 6.45) is 0. The molecule has 0 unspecified atom stereocenters. The first-order chi connectivity index (χ1) is 22.0. The van der Waals surface area contributed by atoms with E-state index >= 15 is 0 Å². The molecule has 0 heterocycles. The van der Waals surface area contributed by atoms with Gasteiger partial charge in [-0.15, -0.1) is 69.1 Å². The van der Waals surface area contributed by atoms with Gasteiger partial charge >= 0.3 is 37.9 Å². The van der Waals surface area contributed by atoms with Gasteiger partial charge in [0.15, 0.2) is 0 Å². The Hall–Kier alpha value is -3.48. The zero-order valence-electron chi connectivity index (χ0n) is 25.7. The molecule has 0 aliphatic carbocycles. The predicted molar refractivity (Wildman–Crippen MR) is 195 cm³/mol. The number of benzene rings is 6. The van der Waals surface area contributed by atoms with Gasteiger partial charge in [0.25, 0.3) is 0 Å². The van der Waals surface area contributed by atoms with Crippen molar-refractivity contribution in [2.45, 2.75) is 26.7 Å². The number of halogens is 2. The monoisotopic (exact) mass is 698 g/mol. The fourth-order valence-corrected chi connectivity index (χ4v) is 6.37. The Morgan fingerprint density at radius 2 is 0.889 bits per heavy atom. The van der Waals surface area contributed by atoms with Gasteiger partial charge in [-0.1, -0.05) is 129 Å². The summed E-state index contributed by atoms with van der Waals surface area (Å²) in [6.45, 7) is 6.67. The molecule has 0 saturated carbocycles. The van der Waals surface area contributed by atoms with Crippen molar-refractivity contribution in [3.05, 3.63) is 157 Å². The number of fused-ring (bicyclic) bond motifs is 4. The third-order valence-corrected chi connectivity index (χ3v) is 8.49. The van der Waals surface area contributed by atoms with Crippen LogP contribution in [0, 0.1) is 6.92 Å². The second-order valence-electron chi connectivity index (χ2n) is 11.7. The van der Waals surface area contributed by atoms with E-state index in [1.54, 1.807) is 0 Å². The standard InChI is InChI=1S/C22H19.C20H15.2ClH.Zr/c1-15(2)18-13-17-9-6-12-21(22(17)14-18)20-11-5-8-16-7-3-4-10-19(16)20;1-14-12-16-8-5-11-19(20(16)13-14)18-10-4-7-15-6-2-3-9-17(15)18;;;/h3-15H,1-2H3;2-13H,1H3;2*1H;/q2*-1;;;+4/p-2. The molecule has 0 amide bonds. The van der Waals surface area contributed by atoms with Crippen LogP contribution in [0.3, 0.4) is 0 Å². The molecule has 0 aliphatic heterocycles. The maximum absolute atomic E-state index is 4.93. The van der Waals surface area contributed by atoms with Crippen molar-refractivity contribution in [1.82, 2.24) is 0 Å². The summed E-state index contributed by atoms with van der Waals surface area (Å²) in [5.41, 5.74) is 8.05. The molecule has 0 N–H and O–H groups in total. The average molecular weight is 701 g/mol. The van der Waals surface area contributed by atoms with Crippen molar-refractivity contribution >= 4 is 60.1 Å². The van der Waals surface area contributed by atoms with Crippen molar-refractivity contribution < 1.29 is 20.8 Å². The Kier molecular flexibility index (Phi) is 10.0. The van der Waals surface area contributed by atoms with Crippen molar-refractivity contribution in [3.63, 3.8) is 0 Å². The number of hydrogen-bond acceptors (Lipinski definition) is 0. The fraction of sp³-hybridized carbons (Fsp3) is 0.0952. The van der Waals surface area contributed by atoms with Crippen LogP contribution in [0.4, 0.5) is 0 Å². The Labute approximate surface area is 284 Å². The zero-order valence-corrected chi connectivity index (χ0v) is 29.7. The first kappa shape index (κ1) is 31.5. The Morgan fingerprint density at radius 1 is 0.489 bits per heavy atom. The first-order valence-electron chi connectivity index (χ1n) is 15.3. The van der Waals surface area contributed by atoms with Gasteiger partial charge in [-0.3, -0.25) is 0 Å². The average Bonchev–Trinajstić information content (AvgIpc) is 3.68.